The van der Waals surface area contributed by atoms with E-state index in [-0.39, 0.29) is 30.9 Å². The van der Waals surface area contributed by atoms with Gasteiger partial charge in [0, 0.05) is 13.6 Å². The minimum Gasteiger partial charge on any atom is -0.465 e. The second-order valence-electron chi connectivity index (χ2n) is 9.77. The molecule has 0 saturated carbocycles. The molecule has 0 aromatic carbocycles. The molecule has 1 aromatic rings. The number of carbonyl (C=O) groups is 4. The Labute approximate surface area is 209 Å². The normalized spacial score (nSPS) is 12.2. The number of nitrogens with two attached hydrogens (primary N) is 1. The van der Waals surface area contributed by atoms with Crippen molar-refractivity contribution in [2.24, 2.45) is 7.05 Å². The van der Waals surface area contributed by atoms with Crippen LogP contribution in [0.5, 0.6) is 0 Å². The van der Waals surface area contributed by atoms with E-state index >= 15 is 0 Å². The minimum atomic E-state index is -1.41. The van der Waals surface area contributed by atoms with Gasteiger partial charge in [0.2, 0.25) is 11.9 Å². The summed E-state index contributed by atoms with van der Waals surface area (Å²) < 4.78 is 11.8. The van der Waals surface area contributed by atoms with E-state index in [1.807, 2.05) is 0 Å². The van der Waals surface area contributed by atoms with E-state index in [0.29, 0.717) is 4.90 Å². The average Bonchev–Trinajstić information content (AvgIpc) is 2.98. The summed E-state index contributed by atoms with van der Waals surface area (Å²) in [7, 11) is 1.56. The molecule has 1 heterocycles. The van der Waals surface area contributed by atoms with Crippen LogP contribution in [0.3, 0.4) is 0 Å². The second-order valence-corrected chi connectivity index (χ2v) is 9.77. The van der Waals surface area contributed by atoms with Crippen LogP contribution in [0.2, 0.25) is 0 Å². The molecule has 0 spiro atoms. The molecule has 0 aliphatic carbocycles. The molecule has 202 valence electrons. The number of aromatic nitrogens is 2. The van der Waals surface area contributed by atoms with E-state index in [1.165, 1.54) is 10.9 Å². The zero-order valence-corrected chi connectivity index (χ0v) is 21.6. The summed E-state index contributed by atoms with van der Waals surface area (Å²) in [5.41, 5.74) is 4.17. The molecule has 4 amide bonds. The largest absolute Gasteiger partial charge is 0.465 e. The molecule has 1 aromatic heterocycles. The predicted octanol–water partition coefficient (Wildman–Crippen LogP) is 2.05. The molecule has 15 nitrogen and oxygen atoms in total. The van der Waals surface area contributed by atoms with Crippen LogP contribution in [0.4, 0.5) is 25.9 Å². The summed E-state index contributed by atoms with van der Waals surface area (Å²) in [6, 6.07) is -1.41. The third-order valence-electron chi connectivity index (χ3n) is 4.24. The lowest BCUT2D eigenvalue weighted by Gasteiger charge is -2.33. The van der Waals surface area contributed by atoms with Crippen molar-refractivity contribution in [3.8, 4) is 0 Å². The van der Waals surface area contributed by atoms with Crippen molar-refractivity contribution >= 4 is 41.7 Å². The van der Waals surface area contributed by atoms with Crippen LogP contribution < -0.4 is 21.7 Å². The number of aryl methyl sites for hydroxylation is 1. The van der Waals surface area contributed by atoms with E-state index in [1.54, 1.807) is 48.6 Å². The van der Waals surface area contributed by atoms with Gasteiger partial charge in [0.1, 0.15) is 28.7 Å². The molecule has 36 heavy (non-hydrogen) atoms. The van der Waals surface area contributed by atoms with Crippen LogP contribution in [-0.4, -0.2) is 73.7 Å². The number of nitrogen functional groups attached to an aromatic ring is 1. The number of hydrogen-bond acceptors (Lipinski definition) is 9. The molecule has 0 radical (unpaired) electrons. The Morgan fingerprint density at radius 2 is 1.75 bits per heavy atom. The molecule has 0 aliphatic rings. The summed E-state index contributed by atoms with van der Waals surface area (Å²) >= 11 is 0. The molecular weight excluding hydrogens is 476 g/mol. The molecule has 7 N–H and O–H groups in total. The highest BCUT2D eigenvalue weighted by Gasteiger charge is 2.37. The number of ether oxygens (including phenoxy) is 2. The maximum Gasteiger partial charge on any atom is 0.417 e. The van der Waals surface area contributed by atoms with Crippen molar-refractivity contribution in [3.05, 3.63) is 6.20 Å². The lowest BCUT2D eigenvalue weighted by Crippen LogP contribution is -2.57. The summed E-state index contributed by atoms with van der Waals surface area (Å²) in [5.74, 6) is -1.41. The maximum atomic E-state index is 13.3. The van der Waals surface area contributed by atoms with Gasteiger partial charge in [-0.25, -0.2) is 19.3 Å². The lowest BCUT2D eigenvalue weighted by molar-refractivity contribution is -0.120. The number of rotatable bonds is 7. The van der Waals surface area contributed by atoms with E-state index < -0.39 is 47.4 Å². The Bertz CT molecular complexity index is 978. The summed E-state index contributed by atoms with van der Waals surface area (Å²) in [6.07, 6.45) is -2.07. The molecule has 0 bridgehead atoms. The highest BCUT2D eigenvalue weighted by Crippen LogP contribution is 2.20. The quantitative estimate of drug-likeness (QED) is 0.179. The first-order valence-electron chi connectivity index (χ1n) is 11.1. The molecule has 15 heteroatoms. The molecule has 0 aliphatic heterocycles. The van der Waals surface area contributed by atoms with Crippen LogP contribution in [0.15, 0.2) is 6.20 Å². The fourth-order valence-corrected chi connectivity index (χ4v) is 2.77. The molecule has 0 saturated heterocycles. The Morgan fingerprint density at radius 1 is 1.17 bits per heavy atom. The average molecular weight is 513 g/mol. The third-order valence-corrected chi connectivity index (χ3v) is 4.24. The zero-order valence-electron chi connectivity index (χ0n) is 21.6. The molecule has 1 atom stereocenters. The number of amides is 4. The van der Waals surface area contributed by atoms with Gasteiger partial charge >= 0.3 is 18.3 Å². The van der Waals surface area contributed by atoms with Gasteiger partial charge in [-0.3, -0.25) is 20.2 Å². The summed E-state index contributed by atoms with van der Waals surface area (Å²) in [5, 5.41) is 28.0. The van der Waals surface area contributed by atoms with Crippen LogP contribution in [0.1, 0.15) is 54.4 Å². The molecule has 1 unspecified atom stereocenters. The Kier molecular flexibility index (Phi) is 10.1. The fraction of sp³-hybridized carbons (Fsp3) is 0.619. The second kappa shape index (κ2) is 12.1. The van der Waals surface area contributed by atoms with E-state index in [2.05, 4.69) is 21.0 Å². The van der Waals surface area contributed by atoms with Gasteiger partial charge in [0.05, 0.1) is 6.20 Å². The number of anilines is 2. The first kappa shape index (κ1) is 30.0. The van der Waals surface area contributed by atoms with Gasteiger partial charge in [-0.1, -0.05) is 0 Å². The predicted molar refractivity (Wildman–Crippen MR) is 130 cm³/mol. The summed E-state index contributed by atoms with van der Waals surface area (Å²) in [4.78, 5) is 50.2. The lowest BCUT2D eigenvalue weighted by atomic mass is 10.1. The van der Waals surface area contributed by atoms with Crippen molar-refractivity contribution in [3.63, 3.8) is 0 Å². The van der Waals surface area contributed by atoms with Gasteiger partial charge in [-0.15, -0.1) is 0 Å². The SMILES string of the molecule is Cn1ncc(NC(=O)C(CCCNC(=O)O)N(C(=N)NC(=O)OC(C)(C)C)C(=O)OC(C)(C)C)c1N. The number of hydrogen-bond donors (Lipinski definition) is 6. The minimum absolute atomic E-state index is 0.0386. The fourth-order valence-electron chi connectivity index (χ4n) is 2.77. The standard InChI is InChI=1S/C21H36N8O7/c1-20(2,3)35-18(33)27-16(23)29(19(34)36-21(4,5)6)13(9-8-10-24-17(31)32)15(30)26-12-11-25-28(7)14(12)22/h11,13,24H,8-10,22H2,1-7H3,(H,26,30)(H,31,32)(H2,23,27,33). The van der Waals surface area contributed by atoms with Crippen molar-refractivity contribution in [2.45, 2.75) is 71.6 Å². The first-order chi connectivity index (χ1) is 16.4. The number of nitrogens with one attached hydrogen (secondary N) is 4. The number of carbonyl (C=O) groups excluding carboxylic acids is 3. The van der Waals surface area contributed by atoms with Crippen molar-refractivity contribution in [1.29, 1.82) is 5.41 Å². The molecule has 0 fully saturated rings. The van der Waals surface area contributed by atoms with Crippen molar-refractivity contribution in [1.82, 2.24) is 25.3 Å². The zero-order chi connectivity index (χ0) is 27.8. The monoisotopic (exact) mass is 512 g/mol. The topological polar surface area (TPSA) is 214 Å². The Morgan fingerprint density at radius 3 is 2.22 bits per heavy atom. The van der Waals surface area contributed by atoms with Crippen molar-refractivity contribution in [2.75, 3.05) is 17.6 Å². The Balaban J connectivity index is 3.33. The smallest absolute Gasteiger partial charge is 0.417 e. The van der Waals surface area contributed by atoms with Crippen LogP contribution in [0, 0.1) is 5.41 Å². The van der Waals surface area contributed by atoms with E-state index in [4.69, 9.17) is 25.7 Å². The van der Waals surface area contributed by atoms with Gasteiger partial charge < -0.3 is 30.9 Å². The molecular formula is C21H36N8O7. The van der Waals surface area contributed by atoms with Crippen molar-refractivity contribution < 1.29 is 33.8 Å². The van der Waals surface area contributed by atoms with Gasteiger partial charge in [0.15, 0.2) is 0 Å². The van der Waals surface area contributed by atoms with Crippen LogP contribution >= 0.6 is 0 Å². The van der Waals surface area contributed by atoms with Crippen LogP contribution in [0.25, 0.3) is 0 Å². The first-order valence-corrected chi connectivity index (χ1v) is 11.1. The molecule has 1 rings (SSSR count). The highest BCUT2D eigenvalue weighted by atomic mass is 16.6. The number of guanidine groups is 1. The van der Waals surface area contributed by atoms with Crippen LogP contribution in [-0.2, 0) is 21.3 Å². The van der Waals surface area contributed by atoms with Gasteiger partial charge in [0.25, 0.3) is 0 Å². The summed E-state index contributed by atoms with van der Waals surface area (Å²) in [6.45, 7) is 9.59. The van der Waals surface area contributed by atoms with Gasteiger partial charge in [-0.2, -0.15) is 5.10 Å². The Hall–Kier alpha value is -4.04. The van der Waals surface area contributed by atoms with E-state index in [9.17, 15) is 19.2 Å². The number of alkyl carbamates (subject to hydrolysis) is 1. The third kappa shape index (κ3) is 10.1. The van der Waals surface area contributed by atoms with E-state index in [0.717, 1.165) is 0 Å². The number of carboxylic acid groups (broad SMARTS) is 1. The highest BCUT2D eigenvalue weighted by molar-refractivity contribution is 6.06. The maximum absolute atomic E-state index is 13.3. The van der Waals surface area contributed by atoms with Gasteiger partial charge in [-0.05, 0) is 54.4 Å². The number of nitrogens with zero attached hydrogens (tertiary/aromatic N) is 3.